The van der Waals surface area contributed by atoms with Crippen LogP contribution in [0.15, 0.2) is 5.38 Å². The Labute approximate surface area is 105 Å². The Kier molecular flexibility index (Phi) is 4.33. The number of hydrogen-bond donors (Lipinski definition) is 0. The van der Waals surface area contributed by atoms with Gasteiger partial charge in [-0.15, -0.1) is 22.9 Å². The van der Waals surface area contributed by atoms with Crippen LogP contribution in [0.5, 0.6) is 0 Å². The second kappa shape index (κ2) is 5.15. The number of halogens is 1. The van der Waals surface area contributed by atoms with Gasteiger partial charge in [0, 0.05) is 18.3 Å². The average Bonchev–Trinajstić information content (AvgIpc) is 2.62. The predicted molar refractivity (Wildman–Crippen MR) is 67.8 cm³/mol. The van der Waals surface area contributed by atoms with E-state index in [-0.39, 0.29) is 5.91 Å². The zero-order valence-electron chi connectivity index (χ0n) is 10.1. The summed E-state index contributed by atoms with van der Waals surface area (Å²) in [6, 6.07) is 0. The van der Waals surface area contributed by atoms with Crippen LogP contribution in [-0.4, -0.2) is 28.7 Å². The lowest BCUT2D eigenvalue weighted by atomic mass is 9.94. The van der Waals surface area contributed by atoms with E-state index in [1.54, 1.807) is 23.3 Å². The fourth-order valence-corrected chi connectivity index (χ4v) is 2.09. The van der Waals surface area contributed by atoms with Crippen molar-refractivity contribution >= 4 is 28.8 Å². The molecule has 16 heavy (non-hydrogen) atoms. The Bertz CT molecular complexity index is 376. The molecule has 0 spiro atoms. The van der Waals surface area contributed by atoms with Crippen molar-refractivity contribution in [2.45, 2.75) is 27.3 Å². The Balaban J connectivity index is 2.65. The Morgan fingerprint density at radius 1 is 1.62 bits per heavy atom. The monoisotopic (exact) mass is 260 g/mol. The van der Waals surface area contributed by atoms with Crippen molar-refractivity contribution < 1.29 is 4.79 Å². The van der Waals surface area contributed by atoms with E-state index in [1.807, 2.05) is 26.2 Å². The van der Waals surface area contributed by atoms with Crippen LogP contribution in [0.3, 0.4) is 0 Å². The lowest BCUT2D eigenvalue weighted by Crippen LogP contribution is -2.39. The Morgan fingerprint density at radius 2 is 2.25 bits per heavy atom. The van der Waals surface area contributed by atoms with Crippen molar-refractivity contribution in [3.63, 3.8) is 0 Å². The third-order valence-electron chi connectivity index (χ3n) is 2.33. The quantitative estimate of drug-likeness (QED) is 0.780. The molecule has 5 heteroatoms. The molecule has 0 aromatic carbocycles. The molecule has 0 saturated carbocycles. The summed E-state index contributed by atoms with van der Waals surface area (Å²) in [6.07, 6.45) is 0. The van der Waals surface area contributed by atoms with E-state index >= 15 is 0 Å². The second-order valence-electron chi connectivity index (χ2n) is 4.54. The van der Waals surface area contributed by atoms with Gasteiger partial charge in [0.1, 0.15) is 0 Å². The molecule has 0 fully saturated rings. The number of amides is 1. The fraction of sp³-hybridized carbons (Fsp3) is 0.636. The number of nitrogens with zero attached hydrogens (tertiary/aromatic N) is 2. The highest BCUT2D eigenvalue weighted by Gasteiger charge is 2.29. The van der Waals surface area contributed by atoms with E-state index in [0.717, 1.165) is 10.7 Å². The first-order chi connectivity index (χ1) is 7.36. The molecule has 1 aromatic rings. The predicted octanol–water partition coefficient (Wildman–Crippen LogP) is 2.67. The van der Waals surface area contributed by atoms with Crippen LogP contribution in [0, 0.1) is 12.3 Å². The van der Waals surface area contributed by atoms with Gasteiger partial charge >= 0.3 is 0 Å². The number of carbonyl (C=O) groups excluding carboxylic acids is 1. The van der Waals surface area contributed by atoms with Crippen molar-refractivity contribution in [2.75, 3.05) is 12.9 Å². The van der Waals surface area contributed by atoms with Crippen molar-refractivity contribution in [3.05, 3.63) is 16.1 Å². The van der Waals surface area contributed by atoms with Crippen LogP contribution in [0.4, 0.5) is 0 Å². The number of hydrogen-bond acceptors (Lipinski definition) is 3. The summed E-state index contributed by atoms with van der Waals surface area (Å²) in [5, 5.41) is 3.00. The van der Waals surface area contributed by atoms with E-state index in [1.165, 1.54) is 0 Å². The van der Waals surface area contributed by atoms with Gasteiger partial charge in [0.25, 0.3) is 0 Å². The SMILES string of the molecule is Cc1nc(CN(C)C(=O)C(C)(C)CCl)cs1. The van der Waals surface area contributed by atoms with Crippen molar-refractivity contribution in [1.82, 2.24) is 9.88 Å². The van der Waals surface area contributed by atoms with Gasteiger partial charge in [-0.3, -0.25) is 4.79 Å². The Morgan fingerprint density at radius 3 is 2.69 bits per heavy atom. The van der Waals surface area contributed by atoms with E-state index in [2.05, 4.69) is 4.98 Å². The lowest BCUT2D eigenvalue weighted by Gasteiger charge is -2.27. The van der Waals surface area contributed by atoms with Gasteiger partial charge in [-0.1, -0.05) is 0 Å². The Hall–Kier alpha value is -0.610. The van der Waals surface area contributed by atoms with Gasteiger partial charge < -0.3 is 4.90 Å². The van der Waals surface area contributed by atoms with E-state index in [0.29, 0.717) is 12.4 Å². The molecule has 1 aromatic heterocycles. The third kappa shape index (κ3) is 3.19. The van der Waals surface area contributed by atoms with Gasteiger partial charge in [0.05, 0.1) is 22.7 Å². The highest BCUT2D eigenvalue weighted by atomic mass is 35.5. The first-order valence-electron chi connectivity index (χ1n) is 5.09. The number of aromatic nitrogens is 1. The molecule has 0 aliphatic carbocycles. The average molecular weight is 261 g/mol. The molecule has 0 aliphatic rings. The van der Waals surface area contributed by atoms with Gasteiger partial charge in [-0.25, -0.2) is 4.98 Å². The van der Waals surface area contributed by atoms with Crippen LogP contribution in [-0.2, 0) is 11.3 Å². The van der Waals surface area contributed by atoms with Crippen LogP contribution in [0.25, 0.3) is 0 Å². The van der Waals surface area contributed by atoms with Crippen molar-refractivity contribution in [2.24, 2.45) is 5.41 Å². The minimum absolute atomic E-state index is 0.0492. The normalized spacial score (nSPS) is 11.6. The fourth-order valence-electron chi connectivity index (χ4n) is 1.37. The molecule has 0 aliphatic heterocycles. The summed E-state index contributed by atoms with van der Waals surface area (Å²) >= 11 is 7.37. The van der Waals surface area contributed by atoms with Crippen LogP contribution >= 0.6 is 22.9 Å². The molecule has 0 bridgehead atoms. The second-order valence-corrected chi connectivity index (χ2v) is 5.87. The topological polar surface area (TPSA) is 33.2 Å². The minimum atomic E-state index is -0.513. The number of thiazole rings is 1. The van der Waals surface area contributed by atoms with Crippen LogP contribution < -0.4 is 0 Å². The van der Waals surface area contributed by atoms with Gasteiger partial charge in [0.2, 0.25) is 5.91 Å². The zero-order chi connectivity index (χ0) is 12.3. The summed E-state index contributed by atoms with van der Waals surface area (Å²) in [5.74, 6) is 0.375. The largest absolute Gasteiger partial charge is 0.339 e. The molecular weight excluding hydrogens is 244 g/mol. The van der Waals surface area contributed by atoms with Gasteiger partial charge in [-0.05, 0) is 20.8 Å². The first kappa shape index (κ1) is 13.5. The maximum atomic E-state index is 12.0. The summed E-state index contributed by atoms with van der Waals surface area (Å²) < 4.78 is 0. The number of aryl methyl sites for hydroxylation is 1. The van der Waals surface area contributed by atoms with Crippen molar-refractivity contribution in [1.29, 1.82) is 0 Å². The molecule has 1 heterocycles. The number of rotatable bonds is 4. The smallest absolute Gasteiger partial charge is 0.229 e. The molecule has 1 amide bonds. The standard InChI is InChI=1S/C11H17ClN2OS/c1-8-13-9(6-16-8)5-14(4)10(15)11(2,3)7-12/h6H,5,7H2,1-4H3. The van der Waals surface area contributed by atoms with E-state index in [9.17, 15) is 4.79 Å². The molecule has 0 unspecified atom stereocenters. The highest BCUT2D eigenvalue weighted by molar-refractivity contribution is 7.09. The number of carbonyl (C=O) groups is 1. The maximum absolute atomic E-state index is 12.0. The molecule has 0 radical (unpaired) electrons. The maximum Gasteiger partial charge on any atom is 0.229 e. The molecule has 0 atom stereocenters. The molecule has 1 rings (SSSR count). The van der Waals surface area contributed by atoms with E-state index < -0.39 is 5.41 Å². The molecule has 3 nitrogen and oxygen atoms in total. The summed E-state index contributed by atoms with van der Waals surface area (Å²) in [6.45, 7) is 6.21. The van der Waals surface area contributed by atoms with Crippen LogP contribution in [0.1, 0.15) is 24.5 Å². The lowest BCUT2D eigenvalue weighted by molar-refractivity contribution is -0.138. The summed E-state index contributed by atoms with van der Waals surface area (Å²) in [5.41, 5.74) is 0.421. The van der Waals surface area contributed by atoms with Crippen molar-refractivity contribution in [3.8, 4) is 0 Å². The van der Waals surface area contributed by atoms with Gasteiger partial charge in [-0.2, -0.15) is 0 Å². The zero-order valence-corrected chi connectivity index (χ0v) is 11.7. The molecule has 0 N–H and O–H groups in total. The first-order valence-corrected chi connectivity index (χ1v) is 6.51. The highest BCUT2D eigenvalue weighted by Crippen LogP contribution is 2.21. The van der Waals surface area contributed by atoms with Gasteiger partial charge in [0.15, 0.2) is 0 Å². The summed E-state index contributed by atoms with van der Waals surface area (Å²) in [7, 11) is 1.78. The minimum Gasteiger partial charge on any atom is -0.339 e. The molecule has 90 valence electrons. The van der Waals surface area contributed by atoms with E-state index in [4.69, 9.17) is 11.6 Å². The number of alkyl halides is 1. The van der Waals surface area contributed by atoms with Crippen LogP contribution in [0.2, 0.25) is 0 Å². The molecular formula is C11H17ClN2OS. The molecule has 0 saturated heterocycles. The third-order valence-corrected chi connectivity index (χ3v) is 3.82. The summed E-state index contributed by atoms with van der Waals surface area (Å²) in [4.78, 5) is 18.0.